The highest BCUT2D eigenvalue weighted by atomic mass is 35.5. The quantitative estimate of drug-likeness (QED) is 0.464. The highest BCUT2D eigenvalue weighted by molar-refractivity contribution is 6.20. The Morgan fingerprint density at radius 2 is 2.12 bits per heavy atom. The van der Waals surface area contributed by atoms with Gasteiger partial charge in [0.05, 0.1) is 11.6 Å². The average molecular weight is 158 g/mol. The maximum Gasteiger partial charge on any atom is 0.0825 e. The molecule has 8 heavy (non-hydrogen) atoms. The van der Waals surface area contributed by atoms with E-state index in [2.05, 4.69) is 0 Å². The van der Waals surface area contributed by atoms with Gasteiger partial charge in [-0.1, -0.05) is 0 Å². The Morgan fingerprint density at radius 3 is 2.25 bits per heavy atom. The fourth-order valence-corrected chi connectivity index (χ4v) is 0.655. The fourth-order valence-electron chi connectivity index (χ4n) is 0.323. The minimum absolute atomic E-state index is 0.195. The Kier molecular flexibility index (Phi) is 4.66. The molecule has 0 heterocycles. The molecular weight excluding hydrogens is 149 g/mol. The summed E-state index contributed by atoms with van der Waals surface area (Å²) in [7, 11) is 0. The first-order valence-electron chi connectivity index (χ1n) is 2.30. The third-order valence-corrected chi connectivity index (χ3v) is 1.21. The fraction of sp³-hybridized carbons (Fsp3) is 1.00. The van der Waals surface area contributed by atoms with Crippen molar-refractivity contribution in [2.75, 3.05) is 5.88 Å². The number of aliphatic hydroxyl groups excluding tert-OH is 1. The van der Waals surface area contributed by atoms with Crippen LogP contribution in [0.15, 0.2) is 0 Å². The summed E-state index contributed by atoms with van der Waals surface area (Å²) in [5.41, 5.74) is 4.63. The van der Waals surface area contributed by atoms with Crippen LogP contribution in [0.25, 0.3) is 0 Å². The van der Waals surface area contributed by atoms with Gasteiger partial charge in [-0.2, -0.15) is 0 Å². The van der Waals surface area contributed by atoms with Gasteiger partial charge >= 0.3 is 0 Å². The van der Waals surface area contributed by atoms with E-state index in [4.69, 9.17) is 34.0 Å². The molecule has 0 rings (SSSR count). The zero-order chi connectivity index (χ0) is 6.57. The maximum atomic E-state index is 8.73. The number of hydrogen-bond acceptors (Lipinski definition) is 2. The number of rotatable bonds is 3. The molecule has 0 bridgehead atoms. The van der Waals surface area contributed by atoms with Crippen LogP contribution in [0.1, 0.15) is 6.42 Å². The first-order valence-corrected chi connectivity index (χ1v) is 3.27. The predicted molar refractivity (Wildman–Crippen MR) is 35.2 cm³/mol. The van der Waals surface area contributed by atoms with Crippen molar-refractivity contribution in [2.24, 2.45) is 5.73 Å². The first kappa shape index (κ1) is 8.50. The van der Waals surface area contributed by atoms with E-state index < -0.39 is 11.6 Å². The molecule has 4 heteroatoms. The van der Waals surface area contributed by atoms with Gasteiger partial charge in [0.1, 0.15) is 0 Å². The van der Waals surface area contributed by atoms with Gasteiger partial charge in [0.2, 0.25) is 0 Å². The van der Waals surface area contributed by atoms with Gasteiger partial charge < -0.3 is 10.8 Å². The molecule has 2 unspecified atom stereocenters. The summed E-state index contributed by atoms with van der Waals surface area (Å²) in [4.78, 5) is 0. The molecule has 0 aromatic rings. The molecule has 50 valence electrons. The van der Waals surface area contributed by atoms with Crippen molar-refractivity contribution in [2.45, 2.75) is 18.0 Å². The molecule has 3 N–H and O–H groups in total. The van der Waals surface area contributed by atoms with Gasteiger partial charge in [-0.3, -0.25) is 0 Å². The van der Waals surface area contributed by atoms with Crippen LogP contribution in [0.3, 0.4) is 0 Å². The predicted octanol–water partition coefficient (Wildman–Crippen LogP) is 0.500. The van der Waals surface area contributed by atoms with E-state index in [-0.39, 0.29) is 5.88 Å². The number of hydrogen-bond donors (Lipinski definition) is 2. The third kappa shape index (κ3) is 4.65. The zero-order valence-electron chi connectivity index (χ0n) is 4.35. The second-order valence-corrected chi connectivity index (χ2v) is 2.43. The van der Waals surface area contributed by atoms with Crippen molar-refractivity contribution in [3.05, 3.63) is 0 Å². The summed E-state index contributed by atoms with van der Waals surface area (Å²) in [5, 5.41) is 8.73. The van der Waals surface area contributed by atoms with E-state index in [0.29, 0.717) is 6.42 Å². The van der Waals surface area contributed by atoms with Crippen molar-refractivity contribution in [1.82, 2.24) is 0 Å². The molecule has 0 aromatic carbocycles. The van der Waals surface area contributed by atoms with E-state index in [1.807, 2.05) is 0 Å². The lowest BCUT2D eigenvalue weighted by atomic mass is 10.3. The van der Waals surface area contributed by atoms with Crippen LogP contribution in [0.5, 0.6) is 0 Å². The second-order valence-electron chi connectivity index (χ2n) is 1.56. The summed E-state index contributed by atoms with van der Waals surface area (Å²) in [6.45, 7) is 0. The monoisotopic (exact) mass is 157 g/mol. The number of nitrogens with two attached hydrogens (primary N) is 1. The average Bonchev–Trinajstić information content (AvgIpc) is 1.65. The summed E-state index contributed by atoms with van der Waals surface area (Å²) >= 11 is 10.5. The summed E-state index contributed by atoms with van der Waals surface area (Å²) in [6, 6.07) is 0. The van der Waals surface area contributed by atoms with Crippen molar-refractivity contribution in [1.29, 1.82) is 0 Å². The Morgan fingerprint density at radius 1 is 1.62 bits per heavy atom. The van der Waals surface area contributed by atoms with Crippen LogP contribution in [0, 0.1) is 0 Å². The molecule has 0 spiro atoms. The third-order valence-electron chi connectivity index (χ3n) is 0.675. The zero-order valence-corrected chi connectivity index (χ0v) is 5.86. The van der Waals surface area contributed by atoms with Crippen molar-refractivity contribution in [3.8, 4) is 0 Å². The molecule has 0 aliphatic carbocycles. The van der Waals surface area contributed by atoms with E-state index in [0.717, 1.165) is 0 Å². The van der Waals surface area contributed by atoms with E-state index in [9.17, 15) is 0 Å². The molecule has 2 nitrogen and oxygen atoms in total. The van der Waals surface area contributed by atoms with Crippen molar-refractivity contribution in [3.63, 3.8) is 0 Å². The van der Waals surface area contributed by atoms with Gasteiger partial charge in [-0.25, -0.2) is 0 Å². The molecule has 0 aliphatic heterocycles. The number of halogens is 2. The SMILES string of the molecule is NC(Cl)CC(O)CCl. The van der Waals surface area contributed by atoms with Gasteiger partial charge in [-0.05, 0) is 0 Å². The van der Waals surface area contributed by atoms with E-state index in [1.54, 1.807) is 0 Å². The molecule has 2 atom stereocenters. The van der Waals surface area contributed by atoms with Crippen LogP contribution in [-0.2, 0) is 0 Å². The Balaban J connectivity index is 3.10. The maximum absolute atomic E-state index is 8.73. The van der Waals surface area contributed by atoms with E-state index >= 15 is 0 Å². The van der Waals surface area contributed by atoms with Gasteiger partial charge in [-0.15, -0.1) is 23.2 Å². The lowest BCUT2D eigenvalue weighted by Crippen LogP contribution is -2.21. The Labute approximate surface area is 58.6 Å². The molecule has 0 aromatic heterocycles. The Hall–Kier alpha value is 0.500. The van der Waals surface area contributed by atoms with Crippen molar-refractivity contribution >= 4 is 23.2 Å². The lowest BCUT2D eigenvalue weighted by Gasteiger charge is -2.06. The Bertz CT molecular complexity index is 60.0. The summed E-state index contributed by atoms with van der Waals surface area (Å²) in [6.07, 6.45) is -0.213. The standard InChI is InChI=1S/C4H9Cl2NO/c5-2-3(8)1-4(6)7/h3-4,8H,1-2,7H2. The topological polar surface area (TPSA) is 46.2 Å². The summed E-state index contributed by atoms with van der Waals surface area (Å²) < 4.78 is 0. The number of alkyl halides is 2. The smallest absolute Gasteiger partial charge is 0.0825 e. The lowest BCUT2D eigenvalue weighted by molar-refractivity contribution is 0.187. The van der Waals surface area contributed by atoms with Gasteiger partial charge in [0.15, 0.2) is 0 Å². The highest BCUT2D eigenvalue weighted by Crippen LogP contribution is 2.00. The van der Waals surface area contributed by atoms with E-state index in [1.165, 1.54) is 0 Å². The molecule has 0 aliphatic rings. The van der Waals surface area contributed by atoms with Gasteiger partial charge in [0.25, 0.3) is 0 Å². The normalized spacial score (nSPS) is 18.0. The largest absolute Gasteiger partial charge is 0.392 e. The molecule has 0 radical (unpaired) electrons. The van der Waals surface area contributed by atoms with Crippen LogP contribution in [-0.4, -0.2) is 22.6 Å². The first-order chi connectivity index (χ1) is 3.66. The minimum atomic E-state index is -0.566. The molecule has 0 fully saturated rings. The van der Waals surface area contributed by atoms with Crippen LogP contribution in [0.4, 0.5) is 0 Å². The van der Waals surface area contributed by atoms with Gasteiger partial charge in [0, 0.05) is 12.3 Å². The molecule has 0 amide bonds. The van der Waals surface area contributed by atoms with Crippen LogP contribution >= 0.6 is 23.2 Å². The molecule has 0 saturated heterocycles. The molecule has 0 saturated carbocycles. The number of aliphatic hydroxyl groups is 1. The highest BCUT2D eigenvalue weighted by Gasteiger charge is 2.05. The van der Waals surface area contributed by atoms with Crippen LogP contribution in [0.2, 0.25) is 0 Å². The minimum Gasteiger partial charge on any atom is -0.392 e. The van der Waals surface area contributed by atoms with Crippen LogP contribution < -0.4 is 5.73 Å². The second kappa shape index (κ2) is 4.39. The molecular formula is C4H9Cl2NO. The van der Waals surface area contributed by atoms with Crippen molar-refractivity contribution < 1.29 is 5.11 Å². The summed E-state index contributed by atoms with van der Waals surface area (Å²) in [5.74, 6) is 0.195.